The largest absolute Gasteiger partial charge is 0.472 e. The Morgan fingerprint density at radius 2 is 0.753 bits per heavy atom. The molecular weight excluding hydrogens is 1020 g/mol. The van der Waals surface area contributed by atoms with Crippen LogP contribution < -0.4 is 5.32 Å². The van der Waals surface area contributed by atoms with Gasteiger partial charge in [0.05, 0.1) is 39.9 Å². The Morgan fingerprint density at radius 3 is 1.14 bits per heavy atom. The number of quaternary nitrogens is 1. The van der Waals surface area contributed by atoms with Gasteiger partial charge in [-0.3, -0.25) is 13.8 Å². The average molecular weight is 1150 g/mol. The van der Waals surface area contributed by atoms with Gasteiger partial charge in [-0.2, -0.15) is 0 Å². The van der Waals surface area contributed by atoms with Crippen LogP contribution >= 0.6 is 7.82 Å². The quantitative estimate of drug-likeness (QED) is 0.0243. The second-order valence-electron chi connectivity index (χ2n) is 23.5. The number of hydrogen-bond acceptors (Lipinski definition) is 5. The molecule has 3 atom stereocenters. The number of carbonyl (C=O) groups excluding carboxylic acids is 1. The number of nitrogens with one attached hydrogen (secondary N) is 1. The van der Waals surface area contributed by atoms with Gasteiger partial charge in [-0.05, 0) is 96.3 Å². The molecule has 9 heteroatoms. The highest BCUT2D eigenvalue weighted by Gasteiger charge is 2.27. The molecule has 0 aromatic heterocycles. The molecule has 81 heavy (non-hydrogen) atoms. The van der Waals surface area contributed by atoms with Crippen molar-refractivity contribution in [2.75, 3.05) is 40.9 Å². The minimum absolute atomic E-state index is 0.0500. The average Bonchev–Trinajstić information content (AvgIpc) is 3.43. The van der Waals surface area contributed by atoms with E-state index in [9.17, 15) is 19.4 Å². The molecule has 3 N–H and O–H groups in total. The summed E-state index contributed by atoms with van der Waals surface area (Å²) in [4.78, 5) is 23.4. The topological polar surface area (TPSA) is 105 Å². The Bertz CT molecular complexity index is 1730. The van der Waals surface area contributed by atoms with Crippen molar-refractivity contribution < 1.29 is 32.9 Å². The predicted octanol–water partition coefficient (Wildman–Crippen LogP) is 21.3. The predicted molar refractivity (Wildman–Crippen MR) is 355 cm³/mol. The van der Waals surface area contributed by atoms with E-state index in [1.165, 1.54) is 161 Å². The first kappa shape index (κ1) is 77.9. The van der Waals surface area contributed by atoms with Crippen molar-refractivity contribution in [3.05, 3.63) is 122 Å². The van der Waals surface area contributed by atoms with Crippen molar-refractivity contribution in [3.63, 3.8) is 0 Å². The summed E-state index contributed by atoms with van der Waals surface area (Å²) in [6.45, 7) is 4.69. The van der Waals surface area contributed by atoms with Gasteiger partial charge < -0.3 is 19.8 Å². The first-order valence-electron chi connectivity index (χ1n) is 33.4. The van der Waals surface area contributed by atoms with E-state index in [1.54, 1.807) is 6.08 Å². The Balaban J connectivity index is 4.19. The standard InChI is InChI=1S/C72H127N2O6P/c1-6-8-10-12-14-16-18-20-22-24-26-28-30-32-33-34-35-36-37-38-39-40-41-42-44-46-48-50-52-54-56-58-60-62-64-66-72(76)73-70(69-80-81(77,78)79-68-67-74(3,4)5)71(75)65-63-61-59-57-55-53-51-49-47-45-43-31-29-27-25-23-21-19-17-15-13-11-9-7-2/h8,10,14,16,20,22,26,28,32-33,35-36,38-39,41-42,55,57,63,65,70-71,75H,6-7,9,11-13,15,17-19,21,23-25,27,29-31,34,37,40,43-54,56,58-62,64,66-69H2,1-5H3,(H-,73,76,77,78)/p+1/b10-8-,16-14-,22-20-,28-26-,33-32-,36-35-,39-38-,42-41-,57-55+,65-63+. The maximum absolute atomic E-state index is 13.0. The Labute approximate surface area is 501 Å². The smallest absolute Gasteiger partial charge is 0.387 e. The molecule has 0 saturated carbocycles. The summed E-state index contributed by atoms with van der Waals surface area (Å²) in [6.07, 6.45) is 91.8. The van der Waals surface area contributed by atoms with Crippen molar-refractivity contribution in [3.8, 4) is 0 Å². The molecule has 0 aromatic carbocycles. The lowest BCUT2D eigenvalue weighted by Gasteiger charge is -2.25. The zero-order valence-electron chi connectivity index (χ0n) is 53.2. The van der Waals surface area contributed by atoms with Gasteiger partial charge >= 0.3 is 7.82 Å². The molecular formula is C72H128N2O6P+. The Kier molecular flexibility index (Phi) is 59.1. The summed E-state index contributed by atoms with van der Waals surface area (Å²) >= 11 is 0. The third-order valence-corrected chi connectivity index (χ3v) is 15.4. The highest BCUT2D eigenvalue weighted by atomic mass is 31.2. The first-order valence-corrected chi connectivity index (χ1v) is 34.9. The van der Waals surface area contributed by atoms with Gasteiger partial charge in [0, 0.05) is 6.42 Å². The molecule has 3 unspecified atom stereocenters. The summed E-state index contributed by atoms with van der Waals surface area (Å²) in [7, 11) is 1.54. The second-order valence-corrected chi connectivity index (χ2v) is 24.9. The van der Waals surface area contributed by atoms with Gasteiger partial charge in [-0.1, -0.05) is 296 Å². The maximum atomic E-state index is 13.0. The molecule has 0 aliphatic heterocycles. The molecule has 0 aliphatic carbocycles. The van der Waals surface area contributed by atoms with Crippen molar-refractivity contribution in [1.82, 2.24) is 5.32 Å². The van der Waals surface area contributed by atoms with Crippen molar-refractivity contribution in [2.45, 2.75) is 289 Å². The number of phosphoric acid groups is 1. The van der Waals surface area contributed by atoms with Crippen LogP contribution in [-0.2, 0) is 18.4 Å². The lowest BCUT2D eigenvalue weighted by Crippen LogP contribution is -2.45. The summed E-state index contributed by atoms with van der Waals surface area (Å²) in [5.41, 5.74) is 0. The fourth-order valence-electron chi connectivity index (χ4n) is 9.25. The van der Waals surface area contributed by atoms with Gasteiger partial charge in [0.2, 0.25) is 5.91 Å². The van der Waals surface area contributed by atoms with E-state index in [2.05, 4.69) is 129 Å². The fourth-order valence-corrected chi connectivity index (χ4v) is 9.99. The van der Waals surface area contributed by atoms with Crippen LogP contribution in [-0.4, -0.2) is 73.4 Å². The molecule has 466 valence electrons. The van der Waals surface area contributed by atoms with Gasteiger partial charge in [0.25, 0.3) is 0 Å². The van der Waals surface area contributed by atoms with Crippen LogP contribution in [0.25, 0.3) is 0 Å². The highest BCUT2D eigenvalue weighted by Crippen LogP contribution is 2.43. The van der Waals surface area contributed by atoms with Gasteiger partial charge in [-0.15, -0.1) is 0 Å². The molecule has 0 aliphatic rings. The molecule has 0 fully saturated rings. The highest BCUT2D eigenvalue weighted by molar-refractivity contribution is 7.47. The van der Waals surface area contributed by atoms with Crippen LogP contribution in [0.4, 0.5) is 0 Å². The van der Waals surface area contributed by atoms with Gasteiger partial charge in [0.1, 0.15) is 13.2 Å². The first-order chi connectivity index (χ1) is 39.5. The van der Waals surface area contributed by atoms with E-state index in [4.69, 9.17) is 9.05 Å². The fraction of sp³-hybridized carbons (Fsp3) is 0.708. The molecule has 0 saturated heterocycles. The summed E-state index contributed by atoms with van der Waals surface area (Å²) in [6, 6.07) is -0.875. The van der Waals surface area contributed by atoms with Crippen LogP contribution in [0, 0.1) is 0 Å². The summed E-state index contributed by atoms with van der Waals surface area (Å²) in [5, 5.41) is 14.0. The Morgan fingerprint density at radius 1 is 0.432 bits per heavy atom. The Hall–Kier alpha value is -3.10. The van der Waals surface area contributed by atoms with Crippen LogP contribution in [0.2, 0.25) is 0 Å². The number of phosphoric ester groups is 1. The number of aliphatic hydroxyl groups is 1. The number of likely N-dealkylation sites (N-methyl/N-ethyl adjacent to an activating group) is 1. The molecule has 1 amide bonds. The summed E-state index contributed by atoms with van der Waals surface area (Å²) < 4.78 is 23.8. The van der Waals surface area contributed by atoms with Crippen molar-refractivity contribution in [2.24, 2.45) is 0 Å². The van der Waals surface area contributed by atoms with E-state index in [-0.39, 0.29) is 19.1 Å². The van der Waals surface area contributed by atoms with Gasteiger partial charge in [-0.25, -0.2) is 4.57 Å². The number of nitrogens with zero attached hydrogens (tertiary/aromatic N) is 1. The van der Waals surface area contributed by atoms with E-state index >= 15 is 0 Å². The second kappa shape index (κ2) is 61.5. The molecule has 0 bridgehead atoms. The van der Waals surface area contributed by atoms with Crippen LogP contribution in [0.5, 0.6) is 0 Å². The molecule has 0 spiro atoms. The zero-order chi connectivity index (χ0) is 59.1. The minimum Gasteiger partial charge on any atom is -0.387 e. The number of carbonyl (C=O) groups is 1. The number of aliphatic hydroxyl groups excluding tert-OH is 1. The number of amides is 1. The van der Waals surface area contributed by atoms with Crippen LogP contribution in [0.3, 0.4) is 0 Å². The minimum atomic E-state index is -4.37. The number of unbranched alkanes of at least 4 members (excludes halogenated alkanes) is 29. The van der Waals surface area contributed by atoms with E-state index in [1.807, 2.05) is 27.2 Å². The van der Waals surface area contributed by atoms with Crippen LogP contribution in [0.15, 0.2) is 122 Å². The van der Waals surface area contributed by atoms with E-state index in [0.29, 0.717) is 17.4 Å². The lowest BCUT2D eigenvalue weighted by atomic mass is 10.0. The van der Waals surface area contributed by atoms with Gasteiger partial charge in [0.15, 0.2) is 0 Å². The number of hydrogen-bond donors (Lipinski definition) is 3. The molecule has 0 heterocycles. The van der Waals surface area contributed by atoms with Crippen molar-refractivity contribution >= 4 is 13.7 Å². The normalized spacial score (nSPS) is 14.5. The SMILES string of the molecule is CC/C=C\C/C=C\C/C=C\C/C=C\C/C=C\C/C=C\C/C=C\C/C=C\CCCCCCCCCCCCC(=O)NC(COP(=O)(O)OCC[N+](C)(C)C)C(O)/C=C/CC/C=C/CCCCCCCCCCCCCCCCCCCC. The molecule has 0 rings (SSSR count). The number of allylic oxidation sites excluding steroid dienone is 19. The maximum Gasteiger partial charge on any atom is 0.472 e. The molecule has 8 nitrogen and oxygen atoms in total. The molecule has 0 radical (unpaired) electrons. The third-order valence-electron chi connectivity index (χ3n) is 14.4. The lowest BCUT2D eigenvalue weighted by molar-refractivity contribution is -0.870. The zero-order valence-corrected chi connectivity index (χ0v) is 54.1. The molecule has 0 aromatic rings. The van der Waals surface area contributed by atoms with E-state index < -0.39 is 20.0 Å². The van der Waals surface area contributed by atoms with Crippen molar-refractivity contribution in [1.29, 1.82) is 0 Å². The summed E-state index contributed by atoms with van der Waals surface area (Å²) in [5.74, 6) is -0.194. The van der Waals surface area contributed by atoms with Crippen LogP contribution in [0.1, 0.15) is 277 Å². The third kappa shape index (κ3) is 64.3. The number of rotatable bonds is 60. The monoisotopic (exact) mass is 1150 g/mol. The van der Waals surface area contributed by atoms with E-state index in [0.717, 1.165) is 96.3 Å².